The summed E-state index contributed by atoms with van der Waals surface area (Å²) >= 11 is 0. The van der Waals surface area contributed by atoms with Crippen LogP contribution < -0.4 is 5.32 Å². The first-order valence-corrected chi connectivity index (χ1v) is 11.0. The van der Waals surface area contributed by atoms with Crippen LogP contribution in [0.2, 0.25) is 0 Å². The molecule has 2 N–H and O–H groups in total. The number of hydrogen-bond donors (Lipinski definition) is 2. The second kappa shape index (κ2) is 8.11. The summed E-state index contributed by atoms with van der Waals surface area (Å²) < 4.78 is 48.9. The largest absolute Gasteiger partial charge is 0.356 e. The molecule has 0 aliphatic carbocycles. The van der Waals surface area contributed by atoms with Crippen molar-refractivity contribution in [1.82, 2.24) is 19.8 Å². The number of H-pyrrole nitrogens is 1. The zero-order valence-electron chi connectivity index (χ0n) is 13.7. The van der Waals surface area contributed by atoms with Gasteiger partial charge in [-0.25, -0.2) is 16.8 Å². The molecule has 0 spiro atoms. The molecular formula is C14H22N4O5S2. The summed E-state index contributed by atoms with van der Waals surface area (Å²) in [4.78, 5) is 11.9. The number of rotatable bonds is 8. The highest BCUT2D eigenvalue weighted by atomic mass is 32.2. The lowest BCUT2D eigenvalue weighted by Crippen LogP contribution is -2.43. The van der Waals surface area contributed by atoms with E-state index >= 15 is 0 Å². The summed E-state index contributed by atoms with van der Waals surface area (Å²) in [6.07, 6.45) is 3.95. The van der Waals surface area contributed by atoms with Gasteiger partial charge in [0.15, 0.2) is 9.84 Å². The molecule has 140 valence electrons. The van der Waals surface area contributed by atoms with E-state index in [1.165, 1.54) is 16.7 Å². The van der Waals surface area contributed by atoms with E-state index in [9.17, 15) is 21.6 Å². The van der Waals surface area contributed by atoms with E-state index in [4.69, 9.17) is 0 Å². The Bertz CT molecular complexity index is 802. The molecule has 1 atom stereocenters. The van der Waals surface area contributed by atoms with E-state index in [1.807, 2.05) is 0 Å². The van der Waals surface area contributed by atoms with E-state index < -0.39 is 19.9 Å². The van der Waals surface area contributed by atoms with Gasteiger partial charge in [-0.1, -0.05) is 6.58 Å². The Balaban J connectivity index is 1.85. The van der Waals surface area contributed by atoms with Crippen LogP contribution in [0.3, 0.4) is 0 Å². The van der Waals surface area contributed by atoms with Crippen LogP contribution in [-0.2, 0) is 24.7 Å². The van der Waals surface area contributed by atoms with Crippen LogP contribution in [-0.4, -0.2) is 62.6 Å². The SMILES string of the molecule is C=CS(=O)(=O)CCC(=O)NCC1CCCN(S(=O)(=O)c2cn[nH]c2)C1. The monoisotopic (exact) mass is 390 g/mol. The van der Waals surface area contributed by atoms with E-state index in [0.29, 0.717) is 26.1 Å². The second-order valence-corrected chi connectivity index (χ2v) is 9.90. The predicted octanol–water partition coefficient (Wildman–Crippen LogP) is -0.125. The molecule has 1 aromatic rings. The van der Waals surface area contributed by atoms with Crippen LogP contribution in [0.1, 0.15) is 19.3 Å². The summed E-state index contributed by atoms with van der Waals surface area (Å²) in [6, 6.07) is 0. The number of carbonyl (C=O) groups is 1. The van der Waals surface area contributed by atoms with Gasteiger partial charge in [0.1, 0.15) is 4.90 Å². The van der Waals surface area contributed by atoms with Gasteiger partial charge in [-0.15, -0.1) is 0 Å². The highest BCUT2D eigenvalue weighted by Gasteiger charge is 2.30. The lowest BCUT2D eigenvalue weighted by atomic mass is 10.00. The normalized spacial score (nSPS) is 19.4. The van der Waals surface area contributed by atoms with Crippen LogP contribution in [0, 0.1) is 5.92 Å². The van der Waals surface area contributed by atoms with Gasteiger partial charge in [-0.05, 0) is 18.8 Å². The predicted molar refractivity (Wildman–Crippen MR) is 91.7 cm³/mol. The van der Waals surface area contributed by atoms with Gasteiger partial charge < -0.3 is 5.32 Å². The molecule has 1 unspecified atom stereocenters. The highest BCUT2D eigenvalue weighted by Crippen LogP contribution is 2.22. The van der Waals surface area contributed by atoms with Gasteiger partial charge in [-0.3, -0.25) is 9.89 Å². The third-order valence-corrected chi connectivity index (χ3v) is 7.16. The molecule has 1 fully saturated rings. The Morgan fingerprint density at radius 1 is 1.44 bits per heavy atom. The van der Waals surface area contributed by atoms with Crippen LogP contribution in [0.5, 0.6) is 0 Å². The first-order valence-electron chi connectivity index (χ1n) is 7.85. The molecular weight excluding hydrogens is 368 g/mol. The molecule has 2 rings (SSSR count). The Morgan fingerprint density at radius 3 is 2.84 bits per heavy atom. The Morgan fingerprint density at radius 2 is 2.20 bits per heavy atom. The Kier molecular flexibility index (Phi) is 6.36. The Hall–Kier alpha value is -1.72. The van der Waals surface area contributed by atoms with Gasteiger partial charge in [0.05, 0.1) is 11.9 Å². The van der Waals surface area contributed by atoms with Gasteiger partial charge in [0, 0.05) is 37.7 Å². The molecule has 1 amide bonds. The molecule has 0 radical (unpaired) electrons. The highest BCUT2D eigenvalue weighted by molar-refractivity contribution is 7.94. The molecule has 0 aromatic carbocycles. The number of sulfonamides is 1. The zero-order valence-corrected chi connectivity index (χ0v) is 15.4. The van der Waals surface area contributed by atoms with Crippen LogP contribution in [0.4, 0.5) is 0 Å². The quantitative estimate of drug-likeness (QED) is 0.636. The van der Waals surface area contributed by atoms with Crippen molar-refractivity contribution in [2.75, 3.05) is 25.4 Å². The lowest BCUT2D eigenvalue weighted by molar-refractivity contribution is -0.120. The second-order valence-electron chi connectivity index (χ2n) is 5.89. The number of nitrogens with one attached hydrogen (secondary N) is 2. The summed E-state index contributed by atoms with van der Waals surface area (Å²) in [5.41, 5.74) is 0. The minimum Gasteiger partial charge on any atom is -0.356 e. The van der Waals surface area contributed by atoms with Crippen molar-refractivity contribution >= 4 is 25.8 Å². The fourth-order valence-corrected chi connectivity index (χ4v) is 4.70. The number of nitrogens with zero attached hydrogens (tertiary/aromatic N) is 2. The smallest absolute Gasteiger partial charge is 0.246 e. The maximum absolute atomic E-state index is 12.5. The number of aromatic nitrogens is 2. The number of hydrogen-bond acceptors (Lipinski definition) is 6. The summed E-state index contributed by atoms with van der Waals surface area (Å²) in [5, 5.41) is 9.66. The molecule has 0 bridgehead atoms. The van der Waals surface area contributed by atoms with Gasteiger partial charge in [0.2, 0.25) is 15.9 Å². The van der Waals surface area contributed by atoms with Crippen molar-refractivity contribution in [3.63, 3.8) is 0 Å². The van der Waals surface area contributed by atoms with E-state index in [0.717, 1.165) is 11.8 Å². The fraction of sp³-hybridized carbons (Fsp3) is 0.571. The maximum atomic E-state index is 12.5. The van der Waals surface area contributed by atoms with Crippen LogP contribution >= 0.6 is 0 Å². The van der Waals surface area contributed by atoms with Crippen molar-refractivity contribution in [3.8, 4) is 0 Å². The number of carbonyl (C=O) groups excluding carboxylic acids is 1. The molecule has 11 heteroatoms. The number of amides is 1. The minimum absolute atomic E-state index is 0.0182. The summed E-state index contributed by atoms with van der Waals surface area (Å²) in [6.45, 7) is 4.23. The van der Waals surface area contributed by atoms with E-state index in [1.54, 1.807) is 0 Å². The average molecular weight is 390 g/mol. The fourth-order valence-electron chi connectivity index (χ4n) is 2.61. The standard InChI is InChI=1S/C14H22N4O5S2/c1-2-24(20,21)7-5-14(19)15-8-12-4-3-6-18(11-12)25(22,23)13-9-16-17-10-13/h2,9-10,12H,1,3-8,11H2,(H,15,19)(H,16,17). The number of sulfone groups is 1. The van der Waals surface area contributed by atoms with Crippen molar-refractivity contribution in [2.24, 2.45) is 5.92 Å². The third-order valence-electron chi connectivity index (χ3n) is 4.05. The molecule has 1 saturated heterocycles. The maximum Gasteiger partial charge on any atom is 0.246 e. The molecule has 0 saturated carbocycles. The summed E-state index contributed by atoms with van der Waals surface area (Å²) in [7, 11) is -6.99. The van der Waals surface area contributed by atoms with Crippen molar-refractivity contribution < 1.29 is 21.6 Å². The van der Waals surface area contributed by atoms with Crippen molar-refractivity contribution in [2.45, 2.75) is 24.2 Å². The topological polar surface area (TPSA) is 129 Å². The Labute approximate surface area is 147 Å². The van der Waals surface area contributed by atoms with Gasteiger partial charge in [-0.2, -0.15) is 9.40 Å². The minimum atomic E-state index is -3.59. The number of piperidine rings is 1. The van der Waals surface area contributed by atoms with E-state index in [-0.39, 0.29) is 28.9 Å². The van der Waals surface area contributed by atoms with Crippen LogP contribution in [0.15, 0.2) is 29.3 Å². The summed E-state index contributed by atoms with van der Waals surface area (Å²) in [5.74, 6) is -0.677. The third kappa shape index (κ3) is 5.38. The zero-order chi connectivity index (χ0) is 18.5. The molecule has 2 heterocycles. The van der Waals surface area contributed by atoms with Gasteiger partial charge >= 0.3 is 0 Å². The van der Waals surface area contributed by atoms with Crippen LogP contribution in [0.25, 0.3) is 0 Å². The average Bonchev–Trinajstić information content (AvgIpc) is 3.14. The van der Waals surface area contributed by atoms with Crippen molar-refractivity contribution in [3.05, 3.63) is 24.4 Å². The lowest BCUT2D eigenvalue weighted by Gasteiger charge is -2.31. The first-order chi connectivity index (χ1) is 11.7. The number of aromatic amines is 1. The van der Waals surface area contributed by atoms with Crippen molar-refractivity contribution in [1.29, 1.82) is 0 Å². The van der Waals surface area contributed by atoms with E-state index in [2.05, 4.69) is 22.1 Å². The molecule has 1 aliphatic rings. The first kappa shape index (κ1) is 19.6. The molecule has 1 aromatic heterocycles. The molecule has 25 heavy (non-hydrogen) atoms. The molecule has 9 nitrogen and oxygen atoms in total. The molecule has 1 aliphatic heterocycles. The van der Waals surface area contributed by atoms with Gasteiger partial charge in [0.25, 0.3) is 0 Å².